The zero-order valence-electron chi connectivity index (χ0n) is 11.0. The molecule has 3 rings (SSSR count). The standard InChI is InChI=1S/C17H19NO/c1-2-9-15(10-3-1)19-17-12-5-4-11-16(17)18-13-14-7-6-8-14/h1-5,9-12,14,18H,6-8,13H2. The lowest BCUT2D eigenvalue weighted by Crippen LogP contribution is -2.21. The SMILES string of the molecule is c1ccc(Oc2ccccc2NCC2CCC2)cc1. The summed E-state index contributed by atoms with van der Waals surface area (Å²) < 4.78 is 5.93. The van der Waals surface area contributed by atoms with Gasteiger partial charge in [0.05, 0.1) is 5.69 Å². The normalized spacial score (nSPS) is 14.7. The Balaban J connectivity index is 1.69. The van der Waals surface area contributed by atoms with Crippen molar-refractivity contribution in [1.29, 1.82) is 0 Å². The molecule has 98 valence electrons. The summed E-state index contributed by atoms with van der Waals surface area (Å²) in [5.74, 6) is 2.61. The third-order valence-corrected chi connectivity index (χ3v) is 3.66. The topological polar surface area (TPSA) is 21.3 Å². The molecule has 0 spiro atoms. The van der Waals surface area contributed by atoms with E-state index < -0.39 is 0 Å². The van der Waals surface area contributed by atoms with Crippen LogP contribution in [0.4, 0.5) is 5.69 Å². The molecule has 2 aromatic carbocycles. The van der Waals surface area contributed by atoms with Crippen LogP contribution in [-0.2, 0) is 0 Å². The van der Waals surface area contributed by atoms with Crippen LogP contribution in [0.15, 0.2) is 54.6 Å². The van der Waals surface area contributed by atoms with Crippen LogP contribution in [-0.4, -0.2) is 6.54 Å². The van der Waals surface area contributed by atoms with Crippen LogP contribution in [0, 0.1) is 5.92 Å². The second kappa shape index (κ2) is 5.79. The van der Waals surface area contributed by atoms with Crippen molar-refractivity contribution >= 4 is 5.69 Å². The number of hydrogen-bond donors (Lipinski definition) is 1. The molecule has 0 amide bonds. The monoisotopic (exact) mass is 253 g/mol. The fourth-order valence-electron chi connectivity index (χ4n) is 2.27. The van der Waals surface area contributed by atoms with Crippen LogP contribution in [0.5, 0.6) is 11.5 Å². The molecule has 2 heteroatoms. The Hall–Kier alpha value is -1.96. The first-order valence-corrected chi connectivity index (χ1v) is 6.97. The van der Waals surface area contributed by atoms with Crippen LogP contribution in [0.3, 0.4) is 0 Å². The van der Waals surface area contributed by atoms with Gasteiger partial charge in [0.15, 0.2) is 5.75 Å². The van der Waals surface area contributed by atoms with Gasteiger partial charge in [0.1, 0.15) is 5.75 Å². The highest BCUT2D eigenvalue weighted by molar-refractivity contribution is 5.57. The minimum Gasteiger partial charge on any atom is -0.455 e. The van der Waals surface area contributed by atoms with E-state index in [-0.39, 0.29) is 0 Å². The van der Waals surface area contributed by atoms with Gasteiger partial charge in [-0.2, -0.15) is 0 Å². The van der Waals surface area contributed by atoms with Crippen molar-refractivity contribution in [2.75, 3.05) is 11.9 Å². The van der Waals surface area contributed by atoms with Gasteiger partial charge < -0.3 is 10.1 Å². The van der Waals surface area contributed by atoms with Crippen LogP contribution in [0.25, 0.3) is 0 Å². The summed E-state index contributed by atoms with van der Waals surface area (Å²) in [5, 5.41) is 3.51. The molecule has 1 fully saturated rings. The highest BCUT2D eigenvalue weighted by atomic mass is 16.5. The Morgan fingerprint density at radius 2 is 1.68 bits per heavy atom. The van der Waals surface area contributed by atoms with Crippen molar-refractivity contribution in [3.05, 3.63) is 54.6 Å². The molecule has 0 heterocycles. The summed E-state index contributed by atoms with van der Waals surface area (Å²) in [6, 6.07) is 18.1. The summed E-state index contributed by atoms with van der Waals surface area (Å²) >= 11 is 0. The van der Waals surface area contributed by atoms with Crippen LogP contribution in [0.2, 0.25) is 0 Å². The number of ether oxygens (including phenoxy) is 1. The molecule has 0 aromatic heterocycles. The molecular formula is C17H19NO. The molecule has 0 radical (unpaired) electrons. The number of rotatable bonds is 5. The average molecular weight is 253 g/mol. The number of para-hydroxylation sites is 3. The van der Waals surface area contributed by atoms with Gasteiger partial charge in [-0.1, -0.05) is 36.8 Å². The second-order valence-electron chi connectivity index (χ2n) is 5.09. The molecule has 2 aromatic rings. The van der Waals surface area contributed by atoms with E-state index in [2.05, 4.69) is 11.4 Å². The zero-order chi connectivity index (χ0) is 12.9. The quantitative estimate of drug-likeness (QED) is 0.834. The summed E-state index contributed by atoms with van der Waals surface area (Å²) in [7, 11) is 0. The Kier molecular flexibility index (Phi) is 3.68. The lowest BCUT2D eigenvalue weighted by Gasteiger charge is -2.26. The highest BCUT2D eigenvalue weighted by Crippen LogP contribution is 2.31. The number of nitrogens with one attached hydrogen (secondary N) is 1. The first-order valence-electron chi connectivity index (χ1n) is 6.97. The lowest BCUT2D eigenvalue weighted by atomic mass is 9.85. The first-order chi connectivity index (χ1) is 9.42. The van der Waals surface area contributed by atoms with E-state index in [0.717, 1.165) is 29.6 Å². The van der Waals surface area contributed by atoms with Crippen LogP contribution < -0.4 is 10.1 Å². The molecule has 0 aliphatic heterocycles. The summed E-state index contributed by atoms with van der Waals surface area (Å²) in [6.07, 6.45) is 4.10. The van der Waals surface area contributed by atoms with E-state index in [0.29, 0.717) is 0 Å². The second-order valence-corrected chi connectivity index (χ2v) is 5.09. The maximum Gasteiger partial charge on any atom is 0.150 e. The predicted molar refractivity (Wildman–Crippen MR) is 78.8 cm³/mol. The Bertz CT molecular complexity index is 520. The van der Waals surface area contributed by atoms with Gasteiger partial charge in [0, 0.05) is 6.54 Å². The zero-order valence-corrected chi connectivity index (χ0v) is 11.0. The molecule has 0 atom stereocenters. The van der Waals surface area contributed by atoms with E-state index in [1.165, 1.54) is 19.3 Å². The van der Waals surface area contributed by atoms with Crippen molar-refractivity contribution in [1.82, 2.24) is 0 Å². The molecule has 1 N–H and O–H groups in total. The fraction of sp³-hybridized carbons (Fsp3) is 0.294. The van der Waals surface area contributed by atoms with Crippen molar-refractivity contribution in [2.24, 2.45) is 5.92 Å². The van der Waals surface area contributed by atoms with Gasteiger partial charge in [-0.25, -0.2) is 0 Å². The molecule has 19 heavy (non-hydrogen) atoms. The third-order valence-electron chi connectivity index (χ3n) is 3.66. The molecule has 1 aliphatic rings. The van der Waals surface area contributed by atoms with Crippen molar-refractivity contribution < 1.29 is 4.74 Å². The van der Waals surface area contributed by atoms with Gasteiger partial charge in [-0.15, -0.1) is 0 Å². The summed E-state index contributed by atoms with van der Waals surface area (Å²) in [6.45, 7) is 1.05. The van der Waals surface area contributed by atoms with Gasteiger partial charge in [-0.3, -0.25) is 0 Å². The Morgan fingerprint density at radius 1 is 0.947 bits per heavy atom. The van der Waals surface area contributed by atoms with E-state index in [1.807, 2.05) is 48.5 Å². The van der Waals surface area contributed by atoms with Gasteiger partial charge in [0.2, 0.25) is 0 Å². The summed E-state index contributed by atoms with van der Waals surface area (Å²) in [5.41, 5.74) is 1.08. The van der Waals surface area contributed by atoms with E-state index >= 15 is 0 Å². The first kappa shape index (κ1) is 12.1. The Labute approximate surface area is 114 Å². The maximum absolute atomic E-state index is 5.93. The fourth-order valence-corrected chi connectivity index (χ4v) is 2.27. The number of anilines is 1. The molecule has 0 saturated heterocycles. The predicted octanol–water partition coefficient (Wildman–Crippen LogP) is 4.69. The largest absolute Gasteiger partial charge is 0.455 e. The highest BCUT2D eigenvalue weighted by Gasteiger charge is 2.17. The molecule has 0 unspecified atom stereocenters. The van der Waals surface area contributed by atoms with Crippen molar-refractivity contribution in [3.63, 3.8) is 0 Å². The third kappa shape index (κ3) is 3.08. The molecule has 1 saturated carbocycles. The minimum atomic E-state index is 0.838. The van der Waals surface area contributed by atoms with E-state index in [4.69, 9.17) is 4.74 Å². The summed E-state index contributed by atoms with van der Waals surface area (Å²) in [4.78, 5) is 0. The van der Waals surface area contributed by atoms with Gasteiger partial charge in [0.25, 0.3) is 0 Å². The minimum absolute atomic E-state index is 0.838. The van der Waals surface area contributed by atoms with E-state index in [9.17, 15) is 0 Å². The Morgan fingerprint density at radius 3 is 2.42 bits per heavy atom. The van der Waals surface area contributed by atoms with Gasteiger partial charge in [-0.05, 0) is 43.0 Å². The van der Waals surface area contributed by atoms with Crippen LogP contribution >= 0.6 is 0 Å². The average Bonchev–Trinajstić information content (AvgIpc) is 2.40. The smallest absolute Gasteiger partial charge is 0.150 e. The van der Waals surface area contributed by atoms with Gasteiger partial charge >= 0.3 is 0 Å². The van der Waals surface area contributed by atoms with Crippen molar-refractivity contribution in [2.45, 2.75) is 19.3 Å². The number of hydrogen-bond acceptors (Lipinski definition) is 2. The lowest BCUT2D eigenvalue weighted by molar-refractivity contribution is 0.333. The maximum atomic E-state index is 5.93. The van der Waals surface area contributed by atoms with Crippen molar-refractivity contribution in [3.8, 4) is 11.5 Å². The molecular weight excluding hydrogens is 234 g/mol. The molecule has 2 nitrogen and oxygen atoms in total. The van der Waals surface area contributed by atoms with Crippen LogP contribution in [0.1, 0.15) is 19.3 Å². The van der Waals surface area contributed by atoms with E-state index in [1.54, 1.807) is 0 Å². The molecule has 0 bridgehead atoms. The molecule has 1 aliphatic carbocycles. The number of benzene rings is 2.